The van der Waals surface area contributed by atoms with Gasteiger partial charge in [-0.25, -0.2) is 4.98 Å². The lowest BCUT2D eigenvalue weighted by Crippen LogP contribution is -2.30. The fourth-order valence-corrected chi connectivity index (χ4v) is 2.84. The van der Waals surface area contributed by atoms with E-state index in [4.69, 9.17) is 5.73 Å². The first-order valence-corrected chi connectivity index (χ1v) is 6.46. The lowest BCUT2D eigenvalue weighted by atomic mass is 10.0. The maximum atomic E-state index is 6.03. The minimum Gasteiger partial charge on any atom is -0.327 e. The Morgan fingerprint density at radius 2 is 2.35 bits per heavy atom. The van der Waals surface area contributed by atoms with Crippen molar-refractivity contribution in [1.29, 1.82) is 0 Å². The van der Waals surface area contributed by atoms with Crippen molar-refractivity contribution in [3.8, 4) is 11.3 Å². The van der Waals surface area contributed by atoms with Gasteiger partial charge in [-0.2, -0.15) is 0 Å². The van der Waals surface area contributed by atoms with Crippen molar-refractivity contribution in [2.24, 2.45) is 5.73 Å². The molecular weight excluding hydrogens is 280 g/mol. The largest absolute Gasteiger partial charge is 0.327 e. The number of imidazole rings is 1. The van der Waals surface area contributed by atoms with E-state index in [1.807, 2.05) is 18.3 Å². The number of hydrogen-bond donors (Lipinski definition) is 1. The van der Waals surface area contributed by atoms with E-state index in [9.17, 15) is 0 Å². The van der Waals surface area contributed by atoms with Crippen LogP contribution in [-0.2, 0) is 13.0 Å². The van der Waals surface area contributed by atoms with Crippen LogP contribution >= 0.6 is 15.9 Å². The van der Waals surface area contributed by atoms with Gasteiger partial charge in [0.25, 0.3) is 0 Å². The summed E-state index contributed by atoms with van der Waals surface area (Å²) < 4.78 is 3.09. The van der Waals surface area contributed by atoms with E-state index in [1.54, 1.807) is 6.20 Å². The lowest BCUT2D eigenvalue weighted by Gasteiger charge is -2.21. The number of hydrogen-bond acceptors (Lipinski definition) is 3. The van der Waals surface area contributed by atoms with E-state index in [1.165, 1.54) is 5.69 Å². The first kappa shape index (κ1) is 10.9. The predicted molar refractivity (Wildman–Crippen MR) is 69.5 cm³/mol. The van der Waals surface area contributed by atoms with Crippen LogP contribution in [0.5, 0.6) is 0 Å². The Balaban J connectivity index is 2.13. The highest BCUT2D eigenvalue weighted by Crippen LogP contribution is 2.30. The maximum Gasteiger partial charge on any atom is 0.177 e. The van der Waals surface area contributed by atoms with Crippen molar-refractivity contribution in [1.82, 2.24) is 14.5 Å². The van der Waals surface area contributed by atoms with Gasteiger partial charge in [0, 0.05) is 42.7 Å². The first-order valence-electron chi connectivity index (χ1n) is 5.66. The topological polar surface area (TPSA) is 56.7 Å². The molecule has 3 rings (SSSR count). The van der Waals surface area contributed by atoms with Crippen LogP contribution in [0.3, 0.4) is 0 Å². The molecule has 1 unspecified atom stereocenters. The number of nitrogens with zero attached hydrogens (tertiary/aromatic N) is 3. The molecule has 0 saturated carbocycles. The van der Waals surface area contributed by atoms with Crippen LogP contribution in [-0.4, -0.2) is 20.6 Å². The highest BCUT2D eigenvalue weighted by molar-refractivity contribution is 9.10. The van der Waals surface area contributed by atoms with Crippen LogP contribution in [0.25, 0.3) is 11.3 Å². The van der Waals surface area contributed by atoms with Crippen LogP contribution in [0.4, 0.5) is 0 Å². The molecule has 17 heavy (non-hydrogen) atoms. The van der Waals surface area contributed by atoms with Crippen molar-refractivity contribution in [3.63, 3.8) is 0 Å². The molecule has 0 spiro atoms. The van der Waals surface area contributed by atoms with Crippen molar-refractivity contribution < 1.29 is 0 Å². The van der Waals surface area contributed by atoms with Crippen molar-refractivity contribution in [3.05, 3.63) is 35.0 Å². The van der Waals surface area contributed by atoms with Crippen molar-refractivity contribution in [2.45, 2.75) is 25.4 Å². The minimum absolute atomic E-state index is 0.238. The van der Waals surface area contributed by atoms with Crippen LogP contribution in [0.2, 0.25) is 0 Å². The van der Waals surface area contributed by atoms with Crippen LogP contribution in [0, 0.1) is 0 Å². The summed E-state index contributed by atoms with van der Waals surface area (Å²) in [6.07, 6.45) is 5.50. The Hall–Kier alpha value is -1.20. The second kappa shape index (κ2) is 4.23. The standard InChI is InChI=1S/C12H13BrN4/c13-12-16-11(8-2-1-4-15-7-8)10-6-9(14)3-5-17(10)12/h1-2,4,7,9H,3,5-6,14H2. The first-order chi connectivity index (χ1) is 8.25. The molecule has 0 amide bonds. The molecule has 2 aromatic rings. The van der Waals surface area contributed by atoms with Gasteiger partial charge in [0.2, 0.25) is 0 Å². The molecular formula is C12H13BrN4. The van der Waals surface area contributed by atoms with E-state index in [0.717, 1.165) is 35.4 Å². The minimum atomic E-state index is 0.238. The fourth-order valence-electron chi connectivity index (χ4n) is 2.27. The van der Waals surface area contributed by atoms with Gasteiger partial charge < -0.3 is 10.3 Å². The predicted octanol–water partition coefficient (Wildman–Crippen LogP) is 1.98. The van der Waals surface area contributed by atoms with Gasteiger partial charge >= 0.3 is 0 Å². The van der Waals surface area contributed by atoms with E-state index in [-0.39, 0.29) is 6.04 Å². The zero-order valence-electron chi connectivity index (χ0n) is 9.31. The van der Waals surface area contributed by atoms with Gasteiger partial charge in [-0.05, 0) is 34.5 Å². The molecule has 2 aromatic heterocycles. The van der Waals surface area contributed by atoms with Crippen LogP contribution < -0.4 is 5.73 Å². The molecule has 88 valence electrons. The molecule has 2 N–H and O–H groups in total. The zero-order chi connectivity index (χ0) is 11.8. The summed E-state index contributed by atoms with van der Waals surface area (Å²) in [5, 5.41) is 0. The smallest absolute Gasteiger partial charge is 0.177 e. The molecule has 0 aromatic carbocycles. The summed E-state index contributed by atoms with van der Waals surface area (Å²) in [5.74, 6) is 0. The Labute approximate surface area is 108 Å². The highest BCUT2D eigenvalue weighted by Gasteiger charge is 2.23. The lowest BCUT2D eigenvalue weighted by molar-refractivity contribution is 0.467. The molecule has 0 radical (unpaired) electrons. The summed E-state index contributed by atoms with van der Waals surface area (Å²) >= 11 is 3.51. The molecule has 3 heterocycles. The number of pyridine rings is 1. The third kappa shape index (κ3) is 1.89. The Morgan fingerprint density at radius 1 is 1.47 bits per heavy atom. The second-order valence-corrected chi connectivity index (χ2v) is 5.03. The normalized spacial score (nSPS) is 19.1. The fraction of sp³-hybridized carbons (Fsp3) is 0.333. The number of fused-ring (bicyclic) bond motifs is 1. The summed E-state index contributed by atoms with van der Waals surface area (Å²) in [4.78, 5) is 8.72. The molecule has 1 atom stereocenters. The average Bonchev–Trinajstić information content (AvgIpc) is 2.67. The molecule has 1 aliphatic heterocycles. The summed E-state index contributed by atoms with van der Waals surface area (Å²) in [5.41, 5.74) is 9.30. The molecule has 0 aliphatic carbocycles. The summed E-state index contributed by atoms with van der Waals surface area (Å²) in [6, 6.07) is 4.20. The van der Waals surface area contributed by atoms with Crippen LogP contribution in [0.15, 0.2) is 29.3 Å². The zero-order valence-corrected chi connectivity index (χ0v) is 10.9. The van der Waals surface area contributed by atoms with Crippen LogP contribution in [0.1, 0.15) is 12.1 Å². The molecule has 0 fully saturated rings. The quantitative estimate of drug-likeness (QED) is 0.874. The van der Waals surface area contributed by atoms with Gasteiger partial charge in [-0.1, -0.05) is 0 Å². The van der Waals surface area contributed by atoms with Gasteiger partial charge in [-0.3, -0.25) is 4.98 Å². The Kier molecular flexibility index (Phi) is 2.72. The average molecular weight is 293 g/mol. The van der Waals surface area contributed by atoms with E-state index in [2.05, 4.69) is 30.5 Å². The van der Waals surface area contributed by atoms with E-state index >= 15 is 0 Å². The molecule has 0 bridgehead atoms. The third-order valence-corrected chi connectivity index (χ3v) is 3.75. The van der Waals surface area contributed by atoms with Crippen molar-refractivity contribution >= 4 is 15.9 Å². The monoisotopic (exact) mass is 292 g/mol. The Bertz CT molecular complexity index is 535. The Morgan fingerprint density at radius 3 is 3.12 bits per heavy atom. The molecule has 4 nitrogen and oxygen atoms in total. The molecule has 5 heteroatoms. The van der Waals surface area contributed by atoms with Gasteiger partial charge in [-0.15, -0.1) is 0 Å². The summed E-state index contributed by atoms with van der Waals surface area (Å²) in [6.45, 7) is 0.935. The highest BCUT2D eigenvalue weighted by atomic mass is 79.9. The van der Waals surface area contributed by atoms with Crippen molar-refractivity contribution in [2.75, 3.05) is 0 Å². The summed E-state index contributed by atoms with van der Waals surface area (Å²) in [7, 11) is 0. The van der Waals surface area contributed by atoms with Gasteiger partial charge in [0.15, 0.2) is 4.73 Å². The second-order valence-electron chi connectivity index (χ2n) is 4.32. The number of nitrogens with two attached hydrogens (primary N) is 1. The molecule has 1 aliphatic rings. The number of rotatable bonds is 1. The third-order valence-electron chi connectivity index (χ3n) is 3.14. The van der Waals surface area contributed by atoms with Gasteiger partial charge in [0.1, 0.15) is 0 Å². The SMILES string of the molecule is NC1CCn2c(Br)nc(-c3cccnc3)c2C1. The number of aromatic nitrogens is 3. The van der Waals surface area contributed by atoms with E-state index < -0.39 is 0 Å². The van der Waals surface area contributed by atoms with E-state index in [0.29, 0.717) is 0 Å². The molecule has 0 saturated heterocycles. The maximum absolute atomic E-state index is 6.03. The number of halogens is 1. The van der Waals surface area contributed by atoms with Gasteiger partial charge in [0.05, 0.1) is 5.69 Å².